The number of aromatic nitrogens is 2. The van der Waals surface area contributed by atoms with Crippen molar-refractivity contribution < 1.29 is 4.42 Å². The molecule has 0 amide bonds. The third kappa shape index (κ3) is 1.91. The number of thiazole rings is 1. The fraction of sp³-hybridized carbons (Fsp3) is 0.231. The molecule has 92 valence electrons. The molecule has 1 aromatic carbocycles. The first-order chi connectivity index (χ1) is 8.63. The number of hydrogen-bond donors (Lipinski definition) is 1. The van der Waals surface area contributed by atoms with Crippen LogP contribution in [0.1, 0.15) is 23.9 Å². The summed E-state index contributed by atoms with van der Waals surface area (Å²) in [4.78, 5) is 8.85. The molecule has 0 aliphatic heterocycles. The van der Waals surface area contributed by atoms with Crippen LogP contribution in [0.4, 0.5) is 0 Å². The molecule has 0 spiro atoms. The molecular formula is C13H13N3OS. The number of aryl methyl sites for hydroxylation is 1. The summed E-state index contributed by atoms with van der Waals surface area (Å²) < 4.78 is 5.45. The lowest BCUT2D eigenvalue weighted by atomic mass is 10.1. The first-order valence-electron chi connectivity index (χ1n) is 5.72. The second-order valence-corrected chi connectivity index (χ2v) is 5.16. The second-order valence-electron chi connectivity index (χ2n) is 4.28. The molecule has 2 N–H and O–H groups in total. The van der Waals surface area contributed by atoms with Gasteiger partial charge in [-0.3, -0.25) is 0 Å². The zero-order chi connectivity index (χ0) is 12.7. The lowest BCUT2D eigenvalue weighted by Crippen LogP contribution is -2.03. The Kier molecular flexibility index (Phi) is 2.65. The van der Waals surface area contributed by atoms with Crippen LogP contribution in [0, 0.1) is 6.92 Å². The number of benzene rings is 1. The van der Waals surface area contributed by atoms with Crippen LogP contribution < -0.4 is 5.73 Å². The van der Waals surface area contributed by atoms with Crippen LogP contribution in [-0.2, 0) is 0 Å². The topological polar surface area (TPSA) is 64.9 Å². The zero-order valence-corrected chi connectivity index (χ0v) is 11.0. The molecule has 0 saturated carbocycles. The number of oxazole rings is 1. The average Bonchev–Trinajstić information content (AvgIpc) is 2.91. The molecule has 0 fully saturated rings. The van der Waals surface area contributed by atoms with E-state index in [0.29, 0.717) is 5.89 Å². The maximum absolute atomic E-state index is 5.82. The van der Waals surface area contributed by atoms with Crippen molar-refractivity contribution in [3.8, 4) is 11.3 Å². The van der Waals surface area contributed by atoms with Crippen molar-refractivity contribution in [3.05, 3.63) is 34.5 Å². The quantitative estimate of drug-likeness (QED) is 0.767. The Balaban J connectivity index is 2.06. The highest BCUT2D eigenvalue weighted by Gasteiger charge is 2.09. The molecule has 1 unspecified atom stereocenters. The summed E-state index contributed by atoms with van der Waals surface area (Å²) in [5.74, 6) is 0.677. The molecule has 0 aliphatic rings. The Hall–Kier alpha value is -1.72. The molecule has 1 atom stereocenters. The number of fused-ring (bicyclic) bond motifs is 1. The third-order valence-electron chi connectivity index (χ3n) is 2.70. The van der Waals surface area contributed by atoms with E-state index in [1.165, 1.54) is 0 Å². The largest absolute Gasteiger partial charge is 0.441 e. The van der Waals surface area contributed by atoms with Gasteiger partial charge in [0.25, 0.3) is 0 Å². The predicted molar refractivity (Wildman–Crippen MR) is 72.5 cm³/mol. The summed E-state index contributed by atoms with van der Waals surface area (Å²) in [5, 5.41) is 2.97. The van der Waals surface area contributed by atoms with Gasteiger partial charge in [0, 0.05) is 17.9 Å². The minimum absolute atomic E-state index is 0.0261. The van der Waals surface area contributed by atoms with Gasteiger partial charge < -0.3 is 10.2 Å². The highest BCUT2D eigenvalue weighted by Crippen LogP contribution is 2.27. The second kappa shape index (κ2) is 4.19. The van der Waals surface area contributed by atoms with Gasteiger partial charge in [-0.25, -0.2) is 9.97 Å². The van der Waals surface area contributed by atoms with Crippen molar-refractivity contribution in [2.45, 2.75) is 19.9 Å². The van der Waals surface area contributed by atoms with E-state index in [9.17, 15) is 0 Å². The first-order valence-corrected chi connectivity index (χ1v) is 6.60. The van der Waals surface area contributed by atoms with Gasteiger partial charge in [0.05, 0.1) is 11.7 Å². The summed E-state index contributed by atoms with van der Waals surface area (Å²) >= 11 is 1.58. The minimum atomic E-state index is -0.0261. The summed E-state index contributed by atoms with van der Waals surface area (Å²) in [6, 6.07) is 5.88. The van der Waals surface area contributed by atoms with Gasteiger partial charge in [-0.05, 0) is 25.1 Å². The monoisotopic (exact) mass is 259 g/mol. The van der Waals surface area contributed by atoms with E-state index in [1.54, 1.807) is 11.3 Å². The lowest BCUT2D eigenvalue weighted by molar-refractivity contribution is 0.561. The fourth-order valence-corrected chi connectivity index (χ4v) is 2.62. The SMILES string of the molecule is Cc1nc2cc(-c3csc(C(C)N)n3)ccc2o1. The normalized spacial score (nSPS) is 13.1. The summed E-state index contributed by atoms with van der Waals surface area (Å²) in [7, 11) is 0. The van der Waals surface area contributed by atoms with Gasteiger partial charge in [-0.15, -0.1) is 11.3 Å². The van der Waals surface area contributed by atoms with Crippen LogP contribution in [0.25, 0.3) is 22.4 Å². The van der Waals surface area contributed by atoms with E-state index in [1.807, 2.05) is 37.4 Å². The van der Waals surface area contributed by atoms with Crippen molar-refractivity contribution in [3.63, 3.8) is 0 Å². The Bertz CT molecular complexity index is 699. The van der Waals surface area contributed by atoms with E-state index in [-0.39, 0.29) is 6.04 Å². The predicted octanol–water partition coefficient (Wildman–Crippen LogP) is 3.28. The van der Waals surface area contributed by atoms with Crippen LogP contribution in [-0.4, -0.2) is 9.97 Å². The summed E-state index contributed by atoms with van der Waals surface area (Å²) in [6.07, 6.45) is 0. The smallest absolute Gasteiger partial charge is 0.192 e. The van der Waals surface area contributed by atoms with Crippen LogP contribution >= 0.6 is 11.3 Å². The van der Waals surface area contributed by atoms with E-state index in [0.717, 1.165) is 27.4 Å². The minimum Gasteiger partial charge on any atom is -0.441 e. The zero-order valence-electron chi connectivity index (χ0n) is 10.2. The number of hydrogen-bond acceptors (Lipinski definition) is 5. The molecule has 18 heavy (non-hydrogen) atoms. The maximum Gasteiger partial charge on any atom is 0.192 e. The first kappa shape index (κ1) is 11.4. The maximum atomic E-state index is 5.82. The van der Waals surface area contributed by atoms with Crippen molar-refractivity contribution >= 4 is 22.4 Å². The molecule has 0 bridgehead atoms. The number of rotatable bonds is 2. The van der Waals surface area contributed by atoms with E-state index >= 15 is 0 Å². The molecule has 4 nitrogen and oxygen atoms in total. The van der Waals surface area contributed by atoms with E-state index < -0.39 is 0 Å². The molecule has 2 heterocycles. The molecule has 3 aromatic rings. The van der Waals surface area contributed by atoms with E-state index in [2.05, 4.69) is 9.97 Å². The molecule has 0 radical (unpaired) electrons. The van der Waals surface area contributed by atoms with E-state index in [4.69, 9.17) is 10.2 Å². The van der Waals surface area contributed by atoms with Crippen molar-refractivity contribution in [2.75, 3.05) is 0 Å². The van der Waals surface area contributed by atoms with Gasteiger partial charge >= 0.3 is 0 Å². The van der Waals surface area contributed by atoms with Gasteiger partial charge in [-0.1, -0.05) is 0 Å². The molecular weight excluding hydrogens is 246 g/mol. The van der Waals surface area contributed by atoms with Gasteiger partial charge in [0.2, 0.25) is 0 Å². The molecule has 3 rings (SSSR count). The Morgan fingerprint density at radius 1 is 1.33 bits per heavy atom. The highest BCUT2D eigenvalue weighted by atomic mass is 32.1. The summed E-state index contributed by atoms with van der Waals surface area (Å²) in [5.41, 5.74) is 9.47. The van der Waals surface area contributed by atoms with Crippen LogP contribution in [0.15, 0.2) is 28.0 Å². The molecule has 0 aliphatic carbocycles. The van der Waals surface area contributed by atoms with Crippen LogP contribution in [0.3, 0.4) is 0 Å². The van der Waals surface area contributed by atoms with Crippen molar-refractivity contribution in [2.24, 2.45) is 5.73 Å². The van der Waals surface area contributed by atoms with Crippen molar-refractivity contribution in [1.29, 1.82) is 0 Å². The average molecular weight is 259 g/mol. The van der Waals surface area contributed by atoms with Gasteiger partial charge in [0.15, 0.2) is 11.5 Å². The molecule has 2 aromatic heterocycles. The fourth-order valence-electron chi connectivity index (χ4n) is 1.83. The van der Waals surface area contributed by atoms with Crippen LogP contribution in [0.2, 0.25) is 0 Å². The summed E-state index contributed by atoms with van der Waals surface area (Å²) in [6.45, 7) is 3.78. The lowest BCUT2D eigenvalue weighted by Gasteiger charge is -1.98. The number of nitrogens with two attached hydrogens (primary N) is 1. The third-order valence-corrected chi connectivity index (χ3v) is 3.75. The van der Waals surface area contributed by atoms with Crippen LogP contribution in [0.5, 0.6) is 0 Å². The Labute approximate surface area is 108 Å². The Morgan fingerprint density at radius 2 is 2.17 bits per heavy atom. The number of nitrogens with zero attached hydrogens (tertiary/aromatic N) is 2. The molecule has 5 heteroatoms. The molecule has 0 saturated heterocycles. The Morgan fingerprint density at radius 3 is 2.89 bits per heavy atom. The van der Waals surface area contributed by atoms with Crippen molar-refractivity contribution in [1.82, 2.24) is 9.97 Å². The highest BCUT2D eigenvalue weighted by molar-refractivity contribution is 7.10. The van der Waals surface area contributed by atoms with Gasteiger partial charge in [0.1, 0.15) is 10.5 Å². The standard InChI is InChI=1S/C13H13N3OS/c1-7(14)13-16-11(6-18-13)9-3-4-12-10(5-9)15-8(2)17-12/h3-7H,14H2,1-2H3. The van der Waals surface area contributed by atoms with Gasteiger partial charge in [-0.2, -0.15) is 0 Å².